The van der Waals surface area contributed by atoms with Crippen LogP contribution in [0.1, 0.15) is 36.0 Å². The van der Waals surface area contributed by atoms with Crippen LogP contribution in [0.5, 0.6) is 5.75 Å². The Hall–Kier alpha value is -3.89. The molecule has 5 rings (SSSR count). The number of rotatable bonds is 8. The molecule has 36 heavy (non-hydrogen) atoms. The fraction of sp³-hybridized carbons (Fsp3) is 0.219. The molecule has 0 aliphatic heterocycles. The van der Waals surface area contributed by atoms with Gasteiger partial charge in [-0.2, -0.15) is 0 Å². The number of carbonyl (C=O) groups excluding carboxylic acids is 1. The molecule has 4 nitrogen and oxygen atoms in total. The van der Waals surface area contributed by atoms with E-state index in [0.29, 0.717) is 5.56 Å². The first-order valence-corrected chi connectivity index (χ1v) is 12.5. The van der Waals surface area contributed by atoms with E-state index in [1.807, 2.05) is 72.8 Å². The van der Waals surface area contributed by atoms with E-state index >= 15 is 0 Å². The SMILES string of the molecule is O=C(OC1CCC(OCOc2ccc(-c3ccccc3)cc2)CC1)c1ccc(-c2ccccc2)cc1. The van der Waals surface area contributed by atoms with Gasteiger partial charge in [0.1, 0.15) is 11.9 Å². The first-order valence-electron chi connectivity index (χ1n) is 12.5. The maximum absolute atomic E-state index is 12.6. The fourth-order valence-electron chi connectivity index (χ4n) is 4.54. The van der Waals surface area contributed by atoms with Crippen molar-refractivity contribution in [2.45, 2.75) is 37.9 Å². The summed E-state index contributed by atoms with van der Waals surface area (Å²) in [5.41, 5.74) is 5.13. The summed E-state index contributed by atoms with van der Waals surface area (Å²) >= 11 is 0. The van der Waals surface area contributed by atoms with Crippen LogP contribution in [0.15, 0.2) is 109 Å². The lowest BCUT2D eigenvalue weighted by atomic mass is 9.95. The lowest BCUT2D eigenvalue weighted by Gasteiger charge is -2.28. The molecule has 182 valence electrons. The molecule has 4 aromatic rings. The van der Waals surface area contributed by atoms with E-state index in [4.69, 9.17) is 14.2 Å². The molecule has 1 saturated carbocycles. The lowest BCUT2D eigenvalue weighted by molar-refractivity contribution is -0.0666. The van der Waals surface area contributed by atoms with Crippen molar-refractivity contribution in [1.82, 2.24) is 0 Å². The van der Waals surface area contributed by atoms with Crippen molar-refractivity contribution in [2.75, 3.05) is 6.79 Å². The fourth-order valence-corrected chi connectivity index (χ4v) is 4.54. The Kier molecular flexibility index (Phi) is 7.74. The zero-order chi connectivity index (χ0) is 24.6. The van der Waals surface area contributed by atoms with Crippen molar-refractivity contribution in [1.29, 1.82) is 0 Å². The summed E-state index contributed by atoms with van der Waals surface area (Å²) in [4.78, 5) is 12.6. The quantitative estimate of drug-likeness (QED) is 0.194. The Balaban J connectivity index is 1.03. The Morgan fingerprint density at radius 1 is 0.583 bits per heavy atom. The first-order chi connectivity index (χ1) is 17.7. The largest absolute Gasteiger partial charge is 0.468 e. The van der Waals surface area contributed by atoms with E-state index in [1.165, 1.54) is 5.56 Å². The molecule has 0 radical (unpaired) electrons. The van der Waals surface area contributed by atoms with E-state index in [0.717, 1.165) is 48.1 Å². The minimum absolute atomic E-state index is 0.0717. The number of hydrogen-bond acceptors (Lipinski definition) is 4. The van der Waals surface area contributed by atoms with Gasteiger partial charge in [0, 0.05) is 0 Å². The molecular formula is C32H30O4. The Bertz CT molecular complexity index is 1230. The number of hydrogen-bond donors (Lipinski definition) is 0. The predicted molar refractivity (Wildman–Crippen MR) is 142 cm³/mol. The number of esters is 1. The minimum Gasteiger partial charge on any atom is -0.468 e. The summed E-state index contributed by atoms with van der Waals surface area (Å²) < 4.78 is 17.5. The van der Waals surface area contributed by atoms with Crippen molar-refractivity contribution >= 4 is 5.97 Å². The minimum atomic E-state index is -0.263. The third kappa shape index (κ3) is 6.21. The first kappa shape index (κ1) is 23.8. The highest BCUT2D eigenvalue weighted by molar-refractivity contribution is 5.90. The highest BCUT2D eigenvalue weighted by Crippen LogP contribution is 2.26. The maximum atomic E-state index is 12.6. The van der Waals surface area contributed by atoms with Crippen LogP contribution in [-0.2, 0) is 9.47 Å². The van der Waals surface area contributed by atoms with Gasteiger partial charge in [-0.15, -0.1) is 0 Å². The van der Waals surface area contributed by atoms with Crippen LogP contribution < -0.4 is 4.74 Å². The standard InChI is InChI=1S/C32H30O4/c33-32(28-13-11-26(12-14-28)24-7-3-1-4-8-24)36-31-21-19-30(20-22-31)35-23-34-29-17-15-27(16-18-29)25-9-5-2-6-10-25/h1-18,30-31H,19-23H2. The van der Waals surface area contributed by atoms with Gasteiger partial charge < -0.3 is 14.2 Å². The van der Waals surface area contributed by atoms with E-state index < -0.39 is 0 Å². The van der Waals surface area contributed by atoms with Gasteiger partial charge in [-0.1, -0.05) is 84.9 Å². The Morgan fingerprint density at radius 2 is 1.06 bits per heavy atom. The highest BCUT2D eigenvalue weighted by atomic mass is 16.7. The van der Waals surface area contributed by atoms with Crippen molar-refractivity contribution in [3.05, 3.63) is 115 Å². The monoisotopic (exact) mass is 478 g/mol. The molecule has 0 atom stereocenters. The zero-order valence-electron chi connectivity index (χ0n) is 20.2. The van der Waals surface area contributed by atoms with Gasteiger partial charge in [0.2, 0.25) is 0 Å². The second-order valence-electron chi connectivity index (χ2n) is 9.07. The molecule has 0 heterocycles. The van der Waals surface area contributed by atoms with Gasteiger partial charge in [0.15, 0.2) is 6.79 Å². The van der Waals surface area contributed by atoms with Gasteiger partial charge >= 0.3 is 5.97 Å². The molecule has 1 aliphatic carbocycles. The summed E-state index contributed by atoms with van der Waals surface area (Å²) in [6.07, 6.45) is 3.34. The summed E-state index contributed by atoms with van der Waals surface area (Å²) in [7, 11) is 0. The number of ether oxygens (including phenoxy) is 3. The van der Waals surface area contributed by atoms with Gasteiger partial charge in [-0.3, -0.25) is 0 Å². The normalized spacial score (nSPS) is 17.3. The van der Waals surface area contributed by atoms with E-state index in [-0.39, 0.29) is 25.0 Å². The molecule has 0 unspecified atom stereocenters. The molecular weight excluding hydrogens is 448 g/mol. The molecule has 4 aromatic carbocycles. The summed E-state index contributed by atoms with van der Waals surface area (Å²) in [6.45, 7) is 0.216. The number of carbonyl (C=O) groups is 1. The van der Waals surface area contributed by atoms with Crippen molar-refractivity contribution in [2.24, 2.45) is 0 Å². The second-order valence-corrected chi connectivity index (χ2v) is 9.07. The van der Waals surface area contributed by atoms with Gasteiger partial charge in [0.05, 0.1) is 11.7 Å². The Labute approximate surface area is 212 Å². The molecule has 0 aromatic heterocycles. The zero-order valence-corrected chi connectivity index (χ0v) is 20.2. The van der Waals surface area contributed by atoms with Crippen molar-refractivity contribution < 1.29 is 19.0 Å². The van der Waals surface area contributed by atoms with Crippen molar-refractivity contribution in [3.63, 3.8) is 0 Å². The maximum Gasteiger partial charge on any atom is 0.338 e. The molecule has 0 saturated heterocycles. The molecule has 1 fully saturated rings. The van der Waals surface area contributed by atoms with Crippen LogP contribution in [0, 0.1) is 0 Å². The molecule has 0 spiro atoms. The molecule has 4 heteroatoms. The third-order valence-corrected chi connectivity index (χ3v) is 6.61. The van der Waals surface area contributed by atoms with Crippen LogP contribution in [0.3, 0.4) is 0 Å². The van der Waals surface area contributed by atoms with Crippen LogP contribution in [0.25, 0.3) is 22.3 Å². The highest BCUT2D eigenvalue weighted by Gasteiger charge is 2.25. The average molecular weight is 479 g/mol. The second kappa shape index (κ2) is 11.7. The summed E-state index contributed by atoms with van der Waals surface area (Å²) in [5, 5.41) is 0. The summed E-state index contributed by atoms with van der Waals surface area (Å²) in [5.74, 6) is 0.525. The molecule has 0 N–H and O–H groups in total. The van der Waals surface area contributed by atoms with Crippen LogP contribution >= 0.6 is 0 Å². The topological polar surface area (TPSA) is 44.8 Å². The third-order valence-electron chi connectivity index (χ3n) is 6.61. The van der Waals surface area contributed by atoms with Gasteiger partial charge in [-0.05, 0) is 72.2 Å². The smallest absolute Gasteiger partial charge is 0.338 e. The van der Waals surface area contributed by atoms with Crippen LogP contribution in [0.2, 0.25) is 0 Å². The summed E-state index contributed by atoms with van der Waals surface area (Å²) in [6, 6.07) is 36.0. The van der Waals surface area contributed by atoms with E-state index in [1.54, 1.807) is 0 Å². The van der Waals surface area contributed by atoms with Crippen LogP contribution in [0.4, 0.5) is 0 Å². The molecule has 0 amide bonds. The van der Waals surface area contributed by atoms with Gasteiger partial charge in [0.25, 0.3) is 0 Å². The average Bonchev–Trinajstić information content (AvgIpc) is 2.95. The van der Waals surface area contributed by atoms with Gasteiger partial charge in [-0.25, -0.2) is 4.79 Å². The molecule has 0 bridgehead atoms. The van der Waals surface area contributed by atoms with Crippen LogP contribution in [-0.4, -0.2) is 25.0 Å². The van der Waals surface area contributed by atoms with E-state index in [9.17, 15) is 4.79 Å². The molecule has 1 aliphatic rings. The van der Waals surface area contributed by atoms with E-state index in [2.05, 4.69) is 36.4 Å². The van der Waals surface area contributed by atoms with Crippen molar-refractivity contribution in [3.8, 4) is 28.0 Å². The number of benzene rings is 4. The predicted octanol–water partition coefficient (Wildman–Crippen LogP) is 7.54. The Morgan fingerprint density at radius 3 is 1.61 bits per heavy atom. The lowest BCUT2D eigenvalue weighted by Crippen LogP contribution is -2.29.